The van der Waals surface area contributed by atoms with Crippen LogP contribution in [-0.2, 0) is 20.7 Å². The van der Waals surface area contributed by atoms with Crippen molar-refractivity contribution in [3.63, 3.8) is 0 Å². The first kappa shape index (κ1) is 23.9. The van der Waals surface area contributed by atoms with Crippen LogP contribution in [0.3, 0.4) is 0 Å². The Balaban J connectivity index is 1.50. The molecule has 2 N–H and O–H groups in total. The SMILES string of the molecule is COCCNC(=O)[C@H]1C[C@H](NC(=O)Cc2cccc(Cl)c2)[C@H](c2nc(-c3ccccc3)no2)C1. The van der Waals surface area contributed by atoms with Crippen molar-refractivity contribution in [2.75, 3.05) is 20.3 Å². The van der Waals surface area contributed by atoms with Gasteiger partial charge in [0.25, 0.3) is 0 Å². The first-order valence-electron chi connectivity index (χ1n) is 11.2. The standard InChI is InChI=1S/C25H27ClN4O4/c1-33-11-10-27-24(32)18-14-20(25-29-23(30-34-25)17-7-3-2-4-8-17)21(15-18)28-22(31)13-16-6-5-9-19(26)12-16/h2-9,12,18,20-21H,10-11,13-15H2,1H3,(H,27,32)(H,28,31)/t18-,20-,21+/m1/s1. The van der Waals surface area contributed by atoms with E-state index in [0.717, 1.165) is 11.1 Å². The molecule has 2 aromatic carbocycles. The molecule has 4 rings (SSSR count). The number of nitrogens with one attached hydrogen (secondary N) is 2. The fraction of sp³-hybridized carbons (Fsp3) is 0.360. The molecule has 1 aliphatic carbocycles. The second-order valence-electron chi connectivity index (χ2n) is 8.36. The van der Waals surface area contributed by atoms with Gasteiger partial charge in [0.15, 0.2) is 0 Å². The summed E-state index contributed by atoms with van der Waals surface area (Å²) >= 11 is 6.05. The monoisotopic (exact) mass is 482 g/mol. The number of halogens is 1. The molecule has 9 heteroatoms. The number of aromatic nitrogens is 2. The molecule has 2 amide bonds. The van der Waals surface area contributed by atoms with Gasteiger partial charge in [-0.2, -0.15) is 4.98 Å². The molecule has 1 heterocycles. The lowest BCUT2D eigenvalue weighted by molar-refractivity contribution is -0.125. The van der Waals surface area contributed by atoms with Crippen molar-refractivity contribution >= 4 is 23.4 Å². The molecule has 0 spiro atoms. The Morgan fingerprint density at radius 3 is 2.74 bits per heavy atom. The van der Waals surface area contributed by atoms with E-state index in [1.54, 1.807) is 19.2 Å². The number of carbonyl (C=O) groups excluding carboxylic acids is 2. The van der Waals surface area contributed by atoms with Crippen LogP contribution in [0.4, 0.5) is 0 Å². The smallest absolute Gasteiger partial charge is 0.232 e. The molecule has 3 atom stereocenters. The Kier molecular flexibility index (Phi) is 7.92. The largest absolute Gasteiger partial charge is 0.383 e. The lowest BCUT2D eigenvalue weighted by Gasteiger charge is -2.18. The maximum absolute atomic E-state index is 12.8. The molecule has 0 aliphatic heterocycles. The lowest BCUT2D eigenvalue weighted by atomic mass is 10.0. The van der Waals surface area contributed by atoms with Gasteiger partial charge in [0.05, 0.1) is 18.9 Å². The number of benzene rings is 2. The van der Waals surface area contributed by atoms with E-state index in [1.807, 2.05) is 42.5 Å². The van der Waals surface area contributed by atoms with E-state index in [2.05, 4.69) is 20.8 Å². The molecule has 178 valence electrons. The molecule has 0 bridgehead atoms. The number of ether oxygens (including phenoxy) is 1. The van der Waals surface area contributed by atoms with Crippen molar-refractivity contribution in [2.24, 2.45) is 5.92 Å². The zero-order valence-corrected chi connectivity index (χ0v) is 19.6. The minimum absolute atomic E-state index is 0.0727. The molecule has 0 saturated heterocycles. The molecule has 34 heavy (non-hydrogen) atoms. The van der Waals surface area contributed by atoms with E-state index in [1.165, 1.54) is 0 Å². The summed E-state index contributed by atoms with van der Waals surface area (Å²) in [6.45, 7) is 0.868. The van der Waals surface area contributed by atoms with Gasteiger partial charge in [-0.05, 0) is 30.5 Å². The zero-order valence-electron chi connectivity index (χ0n) is 18.9. The van der Waals surface area contributed by atoms with E-state index in [4.69, 9.17) is 20.9 Å². The molecule has 1 saturated carbocycles. The van der Waals surface area contributed by atoms with Crippen LogP contribution in [0.5, 0.6) is 0 Å². The van der Waals surface area contributed by atoms with Crippen LogP contribution in [0, 0.1) is 5.92 Å². The number of rotatable bonds is 9. The third-order valence-electron chi connectivity index (χ3n) is 5.93. The molecule has 1 aliphatic rings. The Hall–Kier alpha value is -3.23. The summed E-state index contributed by atoms with van der Waals surface area (Å²) < 4.78 is 10.6. The Morgan fingerprint density at radius 1 is 1.15 bits per heavy atom. The van der Waals surface area contributed by atoms with Gasteiger partial charge in [-0.3, -0.25) is 9.59 Å². The molecular weight excluding hydrogens is 456 g/mol. The topological polar surface area (TPSA) is 106 Å². The minimum atomic E-state index is -0.311. The summed E-state index contributed by atoms with van der Waals surface area (Å²) in [4.78, 5) is 30.1. The van der Waals surface area contributed by atoms with Crippen LogP contribution in [0.1, 0.15) is 30.2 Å². The maximum atomic E-state index is 12.8. The first-order chi connectivity index (χ1) is 16.5. The average Bonchev–Trinajstić information content (AvgIpc) is 3.47. The third kappa shape index (κ3) is 6.01. The predicted octanol–water partition coefficient (Wildman–Crippen LogP) is 3.37. The number of amides is 2. The van der Waals surface area contributed by atoms with Gasteiger partial charge in [-0.15, -0.1) is 0 Å². The number of carbonyl (C=O) groups is 2. The van der Waals surface area contributed by atoms with Gasteiger partial charge in [-0.1, -0.05) is 59.2 Å². The van der Waals surface area contributed by atoms with Crippen LogP contribution in [0.15, 0.2) is 59.1 Å². The Bertz CT molecular complexity index is 1120. The first-order valence-corrected chi connectivity index (χ1v) is 11.6. The number of hydrogen-bond acceptors (Lipinski definition) is 6. The highest BCUT2D eigenvalue weighted by Crippen LogP contribution is 2.39. The van der Waals surface area contributed by atoms with E-state index in [0.29, 0.717) is 42.7 Å². The Labute approximate surface area is 203 Å². The van der Waals surface area contributed by atoms with Crippen LogP contribution in [0.25, 0.3) is 11.4 Å². The highest BCUT2D eigenvalue weighted by molar-refractivity contribution is 6.30. The van der Waals surface area contributed by atoms with Crippen molar-refractivity contribution in [3.05, 3.63) is 71.1 Å². The summed E-state index contributed by atoms with van der Waals surface area (Å²) in [5.41, 5.74) is 1.66. The molecule has 0 unspecified atom stereocenters. The second-order valence-corrected chi connectivity index (χ2v) is 8.80. The van der Waals surface area contributed by atoms with E-state index in [-0.39, 0.29) is 36.1 Å². The summed E-state index contributed by atoms with van der Waals surface area (Å²) in [6.07, 6.45) is 1.17. The highest BCUT2D eigenvalue weighted by Gasteiger charge is 2.42. The fourth-order valence-electron chi connectivity index (χ4n) is 4.29. The van der Waals surface area contributed by atoms with Crippen molar-refractivity contribution in [1.82, 2.24) is 20.8 Å². The number of nitrogens with zero attached hydrogens (tertiary/aromatic N) is 2. The molecule has 1 aromatic heterocycles. The summed E-state index contributed by atoms with van der Waals surface area (Å²) in [6, 6.07) is 16.4. The van der Waals surface area contributed by atoms with Crippen molar-refractivity contribution in [2.45, 2.75) is 31.2 Å². The average molecular weight is 483 g/mol. The second kappa shape index (κ2) is 11.3. The van der Waals surface area contributed by atoms with Crippen molar-refractivity contribution in [3.8, 4) is 11.4 Å². The number of methoxy groups -OCH3 is 1. The number of hydrogen-bond donors (Lipinski definition) is 2. The van der Waals surface area contributed by atoms with Gasteiger partial charge in [0.2, 0.25) is 23.5 Å². The predicted molar refractivity (Wildman–Crippen MR) is 127 cm³/mol. The summed E-state index contributed by atoms with van der Waals surface area (Å²) in [5, 5.41) is 10.7. The highest BCUT2D eigenvalue weighted by atomic mass is 35.5. The Morgan fingerprint density at radius 2 is 1.97 bits per heavy atom. The molecule has 8 nitrogen and oxygen atoms in total. The molecule has 1 fully saturated rings. The molecule has 3 aromatic rings. The fourth-order valence-corrected chi connectivity index (χ4v) is 4.50. The molecule has 0 radical (unpaired) electrons. The van der Waals surface area contributed by atoms with E-state index >= 15 is 0 Å². The quantitative estimate of drug-likeness (QED) is 0.453. The lowest BCUT2D eigenvalue weighted by Crippen LogP contribution is -2.38. The zero-order chi connectivity index (χ0) is 23.9. The molecular formula is C25H27ClN4O4. The van der Waals surface area contributed by atoms with Crippen molar-refractivity contribution in [1.29, 1.82) is 0 Å². The van der Waals surface area contributed by atoms with Gasteiger partial charge < -0.3 is 19.9 Å². The van der Waals surface area contributed by atoms with Gasteiger partial charge >= 0.3 is 0 Å². The van der Waals surface area contributed by atoms with Gasteiger partial charge in [-0.25, -0.2) is 0 Å². The van der Waals surface area contributed by atoms with Crippen LogP contribution in [-0.4, -0.2) is 48.3 Å². The third-order valence-corrected chi connectivity index (χ3v) is 6.16. The maximum Gasteiger partial charge on any atom is 0.232 e. The van der Waals surface area contributed by atoms with Crippen LogP contribution in [0.2, 0.25) is 5.02 Å². The van der Waals surface area contributed by atoms with Crippen LogP contribution < -0.4 is 10.6 Å². The minimum Gasteiger partial charge on any atom is -0.383 e. The van der Waals surface area contributed by atoms with E-state index < -0.39 is 0 Å². The summed E-state index contributed by atoms with van der Waals surface area (Å²) in [7, 11) is 1.59. The van der Waals surface area contributed by atoms with Gasteiger partial charge in [0.1, 0.15) is 0 Å². The van der Waals surface area contributed by atoms with Crippen molar-refractivity contribution < 1.29 is 18.8 Å². The van der Waals surface area contributed by atoms with Gasteiger partial charge in [0, 0.05) is 36.2 Å². The summed E-state index contributed by atoms with van der Waals surface area (Å²) in [5.74, 6) is 0.112. The normalized spacial score (nSPS) is 19.6. The van der Waals surface area contributed by atoms with E-state index in [9.17, 15) is 9.59 Å². The van der Waals surface area contributed by atoms with Crippen LogP contribution >= 0.6 is 11.6 Å².